The van der Waals surface area contributed by atoms with E-state index in [0.29, 0.717) is 24.5 Å². The molecule has 5 heteroatoms. The molecule has 4 saturated carbocycles. The Balaban J connectivity index is 1.44. The molecule has 0 unspecified atom stereocenters. The number of nitrogens with zero attached hydrogens (tertiary/aromatic N) is 2. The van der Waals surface area contributed by atoms with E-state index in [1.807, 2.05) is 0 Å². The van der Waals surface area contributed by atoms with Crippen LogP contribution in [0.15, 0.2) is 4.42 Å². The van der Waals surface area contributed by atoms with Gasteiger partial charge >= 0.3 is 6.01 Å². The van der Waals surface area contributed by atoms with Crippen LogP contribution in [-0.4, -0.2) is 21.8 Å². The number of rotatable bonds is 5. The molecule has 0 spiro atoms. The molecule has 0 radical (unpaired) electrons. The molecule has 1 aromatic rings. The van der Waals surface area contributed by atoms with Crippen LogP contribution in [0, 0.1) is 17.8 Å². The monoisotopic (exact) mass is 290 g/mol. The molecular weight excluding hydrogens is 264 g/mol. The fourth-order valence-corrected chi connectivity index (χ4v) is 5.16. The Kier molecular flexibility index (Phi) is 3.21. The normalized spacial score (nSPS) is 37.4. The summed E-state index contributed by atoms with van der Waals surface area (Å²) in [5.74, 6) is 3.45. The van der Waals surface area contributed by atoms with E-state index < -0.39 is 0 Å². The summed E-state index contributed by atoms with van der Waals surface area (Å²) in [5.41, 5.74) is 0.240. The summed E-state index contributed by atoms with van der Waals surface area (Å²) in [6.45, 7) is 4.88. The van der Waals surface area contributed by atoms with E-state index in [-0.39, 0.29) is 5.54 Å². The summed E-state index contributed by atoms with van der Waals surface area (Å²) in [6.07, 6.45) is 8.24. The highest BCUT2D eigenvalue weighted by molar-refractivity contribution is 5.27. The van der Waals surface area contributed by atoms with Crippen LogP contribution in [0.5, 0.6) is 0 Å². The molecule has 2 N–H and O–H groups in total. The zero-order valence-electron chi connectivity index (χ0n) is 13.1. The average molecular weight is 290 g/mol. The first-order valence-electron chi connectivity index (χ1n) is 8.44. The van der Waals surface area contributed by atoms with Gasteiger partial charge in [-0.3, -0.25) is 0 Å². The lowest BCUT2D eigenvalue weighted by Gasteiger charge is -2.56. The summed E-state index contributed by atoms with van der Waals surface area (Å²) in [7, 11) is 0. The molecule has 116 valence electrons. The topological polar surface area (TPSA) is 63.0 Å². The Morgan fingerprint density at radius 3 is 2.29 bits per heavy atom. The van der Waals surface area contributed by atoms with E-state index in [2.05, 4.69) is 34.7 Å². The fraction of sp³-hybridized carbons (Fsp3) is 0.875. The molecule has 0 aromatic carbocycles. The van der Waals surface area contributed by atoms with Crippen LogP contribution in [0.3, 0.4) is 0 Å². The highest BCUT2D eigenvalue weighted by Crippen LogP contribution is 2.56. The lowest BCUT2D eigenvalue weighted by molar-refractivity contribution is 0.00958. The van der Waals surface area contributed by atoms with Crippen molar-refractivity contribution in [2.45, 2.75) is 70.5 Å². The molecule has 4 bridgehead atoms. The average Bonchev–Trinajstić information content (AvgIpc) is 2.81. The highest BCUT2D eigenvalue weighted by atomic mass is 16.4. The van der Waals surface area contributed by atoms with Gasteiger partial charge in [-0.05, 0) is 56.3 Å². The van der Waals surface area contributed by atoms with Gasteiger partial charge in [0.2, 0.25) is 5.89 Å². The van der Waals surface area contributed by atoms with Crippen molar-refractivity contribution >= 4 is 6.01 Å². The minimum atomic E-state index is 0.240. The molecule has 0 saturated heterocycles. The van der Waals surface area contributed by atoms with Gasteiger partial charge in [-0.25, -0.2) is 0 Å². The predicted molar refractivity (Wildman–Crippen MR) is 80.8 cm³/mol. The van der Waals surface area contributed by atoms with Crippen LogP contribution < -0.4 is 10.6 Å². The Morgan fingerprint density at radius 1 is 1.10 bits per heavy atom. The van der Waals surface area contributed by atoms with Crippen LogP contribution >= 0.6 is 0 Å². The third-order valence-corrected chi connectivity index (χ3v) is 5.54. The van der Waals surface area contributed by atoms with Crippen LogP contribution in [-0.2, 0) is 6.54 Å². The molecule has 5 rings (SSSR count). The van der Waals surface area contributed by atoms with Crippen LogP contribution in [0.4, 0.5) is 6.01 Å². The summed E-state index contributed by atoms with van der Waals surface area (Å²) in [4.78, 5) is 0. The number of aromatic nitrogens is 2. The molecule has 0 atom stereocenters. The first-order chi connectivity index (χ1) is 10.1. The third kappa shape index (κ3) is 2.68. The van der Waals surface area contributed by atoms with Gasteiger partial charge in [-0.2, -0.15) is 0 Å². The van der Waals surface area contributed by atoms with Crippen LogP contribution in [0.1, 0.15) is 58.3 Å². The van der Waals surface area contributed by atoms with Crippen molar-refractivity contribution in [2.24, 2.45) is 17.8 Å². The second kappa shape index (κ2) is 4.97. The van der Waals surface area contributed by atoms with Crippen LogP contribution in [0.25, 0.3) is 0 Å². The number of nitrogens with one attached hydrogen (secondary N) is 2. The maximum Gasteiger partial charge on any atom is 0.315 e. The van der Waals surface area contributed by atoms with Gasteiger partial charge in [-0.1, -0.05) is 18.9 Å². The summed E-state index contributed by atoms with van der Waals surface area (Å²) in [6, 6.07) is 1.05. The Labute approximate surface area is 126 Å². The van der Waals surface area contributed by atoms with Crippen molar-refractivity contribution in [1.29, 1.82) is 0 Å². The maximum absolute atomic E-state index is 5.78. The van der Waals surface area contributed by atoms with E-state index in [1.54, 1.807) is 0 Å². The van der Waals surface area contributed by atoms with Crippen molar-refractivity contribution in [2.75, 3.05) is 5.32 Å². The standard InChI is InChI=1S/C16H26N4O/c1-10(2)17-9-14-19-20-15(21-14)18-16-6-11-3-12(7-16)5-13(4-11)8-16/h10-13,17H,3-9H2,1-2H3,(H,18,20). The van der Waals surface area contributed by atoms with E-state index in [9.17, 15) is 0 Å². The van der Waals surface area contributed by atoms with Gasteiger partial charge in [0.05, 0.1) is 6.54 Å². The first-order valence-corrected chi connectivity index (χ1v) is 8.44. The van der Waals surface area contributed by atoms with E-state index in [1.165, 1.54) is 38.5 Å². The lowest BCUT2D eigenvalue weighted by Crippen LogP contribution is -2.54. The maximum atomic E-state index is 5.78. The van der Waals surface area contributed by atoms with E-state index in [4.69, 9.17) is 4.42 Å². The molecular formula is C16H26N4O. The van der Waals surface area contributed by atoms with Crippen LogP contribution in [0.2, 0.25) is 0 Å². The molecule has 5 nitrogen and oxygen atoms in total. The zero-order chi connectivity index (χ0) is 14.4. The van der Waals surface area contributed by atoms with Gasteiger partial charge in [0.15, 0.2) is 0 Å². The SMILES string of the molecule is CC(C)NCc1nnc(NC23CC4CC(CC(C4)C2)C3)o1. The van der Waals surface area contributed by atoms with Crippen molar-refractivity contribution in [3.63, 3.8) is 0 Å². The fourth-order valence-electron chi connectivity index (χ4n) is 5.16. The third-order valence-electron chi connectivity index (χ3n) is 5.54. The molecule has 1 heterocycles. The van der Waals surface area contributed by atoms with E-state index in [0.717, 1.165) is 17.8 Å². The molecule has 4 aliphatic rings. The Bertz CT molecular complexity index is 475. The molecule has 0 aliphatic heterocycles. The Hall–Kier alpha value is -1.10. The zero-order valence-corrected chi connectivity index (χ0v) is 13.1. The molecule has 4 fully saturated rings. The van der Waals surface area contributed by atoms with Crippen molar-refractivity contribution < 1.29 is 4.42 Å². The Morgan fingerprint density at radius 2 is 1.71 bits per heavy atom. The summed E-state index contributed by atoms with van der Waals surface area (Å²) >= 11 is 0. The lowest BCUT2D eigenvalue weighted by atomic mass is 9.53. The molecule has 21 heavy (non-hydrogen) atoms. The van der Waals surface area contributed by atoms with Gasteiger partial charge < -0.3 is 15.1 Å². The van der Waals surface area contributed by atoms with Gasteiger partial charge in [0, 0.05) is 11.6 Å². The quantitative estimate of drug-likeness (QED) is 0.873. The molecule has 1 aromatic heterocycles. The molecule has 0 amide bonds. The van der Waals surface area contributed by atoms with Gasteiger partial charge in [0.25, 0.3) is 0 Å². The predicted octanol–water partition coefficient (Wildman–Crippen LogP) is 2.95. The highest BCUT2D eigenvalue weighted by Gasteiger charge is 2.51. The van der Waals surface area contributed by atoms with Crippen molar-refractivity contribution in [1.82, 2.24) is 15.5 Å². The largest absolute Gasteiger partial charge is 0.407 e. The van der Waals surface area contributed by atoms with Gasteiger partial charge in [0.1, 0.15) is 0 Å². The van der Waals surface area contributed by atoms with Gasteiger partial charge in [-0.15, -0.1) is 5.10 Å². The number of hydrogen-bond acceptors (Lipinski definition) is 5. The summed E-state index contributed by atoms with van der Waals surface area (Å²) in [5, 5.41) is 15.3. The molecule has 4 aliphatic carbocycles. The first kappa shape index (κ1) is 13.6. The smallest absolute Gasteiger partial charge is 0.315 e. The van der Waals surface area contributed by atoms with E-state index >= 15 is 0 Å². The summed E-state index contributed by atoms with van der Waals surface area (Å²) < 4.78 is 5.78. The second-order valence-corrected chi connectivity index (χ2v) is 7.86. The minimum absolute atomic E-state index is 0.240. The number of hydrogen-bond donors (Lipinski definition) is 2. The number of anilines is 1. The second-order valence-electron chi connectivity index (χ2n) is 7.86. The van der Waals surface area contributed by atoms with Crippen molar-refractivity contribution in [3.05, 3.63) is 5.89 Å². The minimum Gasteiger partial charge on any atom is -0.407 e. The van der Waals surface area contributed by atoms with Crippen molar-refractivity contribution in [3.8, 4) is 0 Å².